The highest BCUT2D eigenvalue weighted by atomic mass is 16.7. The van der Waals surface area contributed by atoms with Gasteiger partial charge in [-0.3, -0.25) is 4.79 Å². The Hall–Kier alpha value is -2.73. The maximum Gasteiger partial charge on any atom is 0.247 e. The van der Waals surface area contributed by atoms with Gasteiger partial charge in [0.15, 0.2) is 11.5 Å². The summed E-state index contributed by atoms with van der Waals surface area (Å²) in [6.07, 6.45) is 4.72. The first-order valence-corrected chi connectivity index (χ1v) is 7.64. The minimum absolute atomic E-state index is 0.110. The molecule has 0 atom stereocenters. The lowest BCUT2D eigenvalue weighted by atomic mass is 10.2. The van der Waals surface area contributed by atoms with Crippen LogP contribution < -0.4 is 9.47 Å². The zero-order chi connectivity index (χ0) is 16.8. The first-order valence-electron chi connectivity index (χ1n) is 7.64. The van der Waals surface area contributed by atoms with Crippen molar-refractivity contribution < 1.29 is 23.4 Å². The average Bonchev–Trinajstić information content (AvgIpc) is 3.27. The molecule has 1 aromatic heterocycles. The summed E-state index contributed by atoms with van der Waals surface area (Å²) in [5, 5.41) is 0. The highest BCUT2D eigenvalue weighted by molar-refractivity contribution is 5.91. The molecular weight excluding hydrogens is 310 g/mol. The molecular formula is C18H19NO5. The smallest absolute Gasteiger partial charge is 0.247 e. The minimum atomic E-state index is -0.110. The van der Waals surface area contributed by atoms with Crippen LogP contribution in [0, 0.1) is 0 Å². The van der Waals surface area contributed by atoms with Crippen LogP contribution in [0.15, 0.2) is 47.1 Å². The molecule has 0 saturated heterocycles. The van der Waals surface area contributed by atoms with E-state index >= 15 is 0 Å². The zero-order valence-corrected chi connectivity index (χ0v) is 13.4. The van der Waals surface area contributed by atoms with Crippen molar-refractivity contribution in [2.75, 3.05) is 27.1 Å². The molecule has 0 radical (unpaired) electrons. The number of rotatable bonds is 7. The first-order chi connectivity index (χ1) is 11.8. The molecule has 1 aliphatic rings. The van der Waals surface area contributed by atoms with Crippen molar-refractivity contribution >= 4 is 12.0 Å². The number of ether oxygens (including phenoxy) is 3. The second-order valence-corrected chi connectivity index (χ2v) is 5.29. The van der Waals surface area contributed by atoms with Crippen molar-refractivity contribution in [3.8, 4) is 11.5 Å². The first kappa shape index (κ1) is 16.1. The molecule has 1 aromatic carbocycles. The molecule has 0 unspecified atom stereocenters. The average molecular weight is 329 g/mol. The molecule has 2 heterocycles. The quantitative estimate of drug-likeness (QED) is 0.731. The van der Waals surface area contributed by atoms with Crippen LogP contribution in [-0.4, -0.2) is 37.9 Å². The van der Waals surface area contributed by atoms with E-state index in [1.165, 1.54) is 6.08 Å². The summed E-state index contributed by atoms with van der Waals surface area (Å²) >= 11 is 0. The zero-order valence-electron chi connectivity index (χ0n) is 13.4. The van der Waals surface area contributed by atoms with Gasteiger partial charge in [0, 0.05) is 26.3 Å². The maximum absolute atomic E-state index is 12.5. The van der Waals surface area contributed by atoms with Crippen molar-refractivity contribution in [2.45, 2.75) is 6.54 Å². The summed E-state index contributed by atoms with van der Waals surface area (Å²) in [7, 11) is 1.61. The Morgan fingerprint density at radius 3 is 2.96 bits per heavy atom. The molecule has 6 heteroatoms. The number of fused-ring (bicyclic) bond motifs is 1. The Morgan fingerprint density at radius 2 is 2.17 bits per heavy atom. The number of benzene rings is 1. The SMILES string of the molecule is COCCN(Cc1ccc2c(c1)OCO2)C(=O)/C=C/c1ccco1. The number of hydrogen-bond donors (Lipinski definition) is 0. The third-order valence-electron chi connectivity index (χ3n) is 3.62. The monoisotopic (exact) mass is 329 g/mol. The van der Waals surface area contributed by atoms with E-state index in [0.29, 0.717) is 31.2 Å². The number of hydrogen-bond acceptors (Lipinski definition) is 5. The van der Waals surface area contributed by atoms with Gasteiger partial charge in [0.1, 0.15) is 5.76 Å². The van der Waals surface area contributed by atoms with Crippen molar-refractivity contribution in [2.24, 2.45) is 0 Å². The van der Waals surface area contributed by atoms with E-state index in [4.69, 9.17) is 18.6 Å². The Labute approximate surface area is 140 Å². The van der Waals surface area contributed by atoms with Crippen molar-refractivity contribution in [1.82, 2.24) is 4.90 Å². The van der Waals surface area contributed by atoms with Crippen LogP contribution in [0.4, 0.5) is 0 Å². The van der Waals surface area contributed by atoms with E-state index in [1.54, 1.807) is 36.5 Å². The van der Waals surface area contributed by atoms with Gasteiger partial charge in [-0.05, 0) is 35.9 Å². The summed E-state index contributed by atoms with van der Waals surface area (Å²) in [4.78, 5) is 14.2. The van der Waals surface area contributed by atoms with E-state index in [2.05, 4.69) is 0 Å². The molecule has 0 fully saturated rings. The molecule has 0 bridgehead atoms. The molecule has 0 spiro atoms. The standard InChI is InChI=1S/C18H19NO5/c1-21-10-8-19(18(20)7-5-15-3-2-9-22-15)12-14-4-6-16-17(11-14)24-13-23-16/h2-7,9,11H,8,10,12-13H2,1H3/b7-5+. The third-order valence-corrected chi connectivity index (χ3v) is 3.62. The predicted octanol–water partition coefficient (Wildman–Crippen LogP) is 2.70. The summed E-state index contributed by atoms with van der Waals surface area (Å²) < 4.78 is 21.0. The molecule has 3 rings (SSSR count). The molecule has 1 amide bonds. The fourth-order valence-electron chi connectivity index (χ4n) is 2.37. The lowest BCUT2D eigenvalue weighted by Crippen LogP contribution is -2.32. The number of amides is 1. The fourth-order valence-corrected chi connectivity index (χ4v) is 2.37. The van der Waals surface area contributed by atoms with Gasteiger partial charge in [-0.1, -0.05) is 6.07 Å². The van der Waals surface area contributed by atoms with E-state index in [0.717, 1.165) is 11.3 Å². The van der Waals surface area contributed by atoms with Gasteiger partial charge in [-0.15, -0.1) is 0 Å². The van der Waals surface area contributed by atoms with Crippen LogP contribution >= 0.6 is 0 Å². The highest BCUT2D eigenvalue weighted by Crippen LogP contribution is 2.32. The number of furan rings is 1. The van der Waals surface area contributed by atoms with Crippen LogP contribution in [0.5, 0.6) is 11.5 Å². The largest absolute Gasteiger partial charge is 0.465 e. The van der Waals surface area contributed by atoms with Crippen LogP contribution in [0.1, 0.15) is 11.3 Å². The maximum atomic E-state index is 12.5. The summed E-state index contributed by atoms with van der Waals surface area (Å²) in [5.41, 5.74) is 0.968. The second-order valence-electron chi connectivity index (χ2n) is 5.29. The van der Waals surface area contributed by atoms with Gasteiger partial charge < -0.3 is 23.5 Å². The normalized spacial score (nSPS) is 12.7. The van der Waals surface area contributed by atoms with Gasteiger partial charge in [0.2, 0.25) is 12.7 Å². The van der Waals surface area contributed by atoms with Crippen LogP contribution in [0.25, 0.3) is 6.08 Å². The van der Waals surface area contributed by atoms with E-state index < -0.39 is 0 Å². The second kappa shape index (κ2) is 7.70. The van der Waals surface area contributed by atoms with Crippen LogP contribution in [-0.2, 0) is 16.1 Å². The van der Waals surface area contributed by atoms with E-state index in [9.17, 15) is 4.79 Å². The number of nitrogens with zero attached hydrogens (tertiary/aromatic N) is 1. The molecule has 24 heavy (non-hydrogen) atoms. The van der Waals surface area contributed by atoms with Crippen LogP contribution in [0.2, 0.25) is 0 Å². The molecule has 0 saturated carbocycles. The fraction of sp³-hybridized carbons (Fsp3) is 0.278. The third kappa shape index (κ3) is 3.97. The molecule has 0 aliphatic carbocycles. The molecule has 2 aromatic rings. The van der Waals surface area contributed by atoms with Crippen LogP contribution in [0.3, 0.4) is 0 Å². The van der Waals surface area contributed by atoms with Gasteiger partial charge in [-0.2, -0.15) is 0 Å². The molecule has 6 nitrogen and oxygen atoms in total. The predicted molar refractivity (Wildman–Crippen MR) is 87.6 cm³/mol. The van der Waals surface area contributed by atoms with Gasteiger partial charge in [0.05, 0.1) is 12.9 Å². The summed E-state index contributed by atoms with van der Waals surface area (Å²) in [6, 6.07) is 9.25. The molecule has 1 aliphatic heterocycles. The Balaban J connectivity index is 1.69. The Morgan fingerprint density at radius 1 is 1.29 bits per heavy atom. The van der Waals surface area contributed by atoms with Crippen molar-refractivity contribution in [1.29, 1.82) is 0 Å². The van der Waals surface area contributed by atoms with Crippen molar-refractivity contribution in [3.63, 3.8) is 0 Å². The summed E-state index contributed by atoms with van der Waals surface area (Å²) in [5.74, 6) is 1.96. The Bertz CT molecular complexity index is 708. The number of methoxy groups -OCH3 is 1. The lowest BCUT2D eigenvalue weighted by molar-refractivity contribution is -0.127. The lowest BCUT2D eigenvalue weighted by Gasteiger charge is -2.21. The van der Waals surface area contributed by atoms with Gasteiger partial charge in [0.25, 0.3) is 0 Å². The highest BCUT2D eigenvalue weighted by Gasteiger charge is 2.16. The van der Waals surface area contributed by atoms with Gasteiger partial charge in [-0.25, -0.2) is 0 Å². The number of carbonyl (C=O) groups excluding carboxylic acids is 1. The van der Waals surface area contributed by atoms with Crippen molar-refractivity contribution in [3.05, 3.63) is 54.0 Å². The van der Waals surface area contributed by atoms with E-state index in [1.807, 2.05) is 18.2 Å². The summed E-state index contributed by atoms with van der Waals surface area (Å²) in [6.45, 7) is 1.65. The molecule has 126 valence electrons. The molecule has 0 N–H and O–H groups in total. The number of carbonyl (C=O) groups is 1. The topological polar surface area (TPSA) is 61.1 Å². The van der Waals surface area contributed by atoms with E-state index in [-0.39, 0.29) is 12.7 Å². The van der Waals surface area contributed by atoms with Gasteiger partial charge >= 0.3 is 0 Å². The Kier molecular flexibility index (Phi) is 5.18. The minimum Gasteiger partial charge on any atom is -0.465 e.